The molecule has 1 aromatic carbocycles. The van der Waals surface area contributed by atoms with Crippen molar-refractivity contribution in [1.82, 2.24) is 9.55 Å². The Balaban J connectivity index is 2.47. The number of nitro benzene ring substituents is 1. The van der Waals surface area contributed by atoms with Gasteiger partial charge in [0.2, 0.25) is 12.1 Å². The highest BCUT2D eigenvalue weighted by Gasteiger charge is 2.23. The molecule has 2 aromatic rings. The molecular weight excluding hydrogens is 282 g/mol. The number of hydrogen-bond acceptors (Lipinski definition) is 7. The lowest BCUT2D eigenvalue weighted by molar-refractivity contribution is -0.388. The van der Waals surface area contributed by atoms with Gasteiger partial charge in [0, 0.05) is 7.05 Å². The SMILES string of the molecule is COc1ccc(Nc2c([N+](=O)[O-])ncn2C)c([N+](=O)[O-])c1. The van der Waals surface area contributed by atoms with Gasteiger partial charge < -0.3 is 20.2 Å². The van der Waals surface area contributed by atoms with Crippen LogP contribution in [0.3, 0.4) is 0 Å². The maximum atomic E-state index is 11.1. The van der Waals surface area contributed by atoms with Gasteiger partial charge in [-0.3, -0.25) is 14.7 Å². The zero-order valence-electron chi connectivity index (χ0n) is 11.1. The van der Waals surface area contributed by atoms with Crippen LogP contribution in [-0.4, -0.2) is 26.5 Å². The van der Waals surface area contributed by atoms with Gasteiger partial charge in [0.25, 0.3) is 5.69 Å². The second-order valence-corrected chi connectivity index (χ2v) is 4.05. The van der Waals surface area contributed by atoms with Crippen LogP contribution in [0.1, 0.15) is 0 Å². The summed E-state index contributed by atoms with van der Waals surface area (Å²) < 4.78 is 6.29. The fourth-order valence-electron chi connectivity index (χ4n) is 1.72. The van der Waals surface area contributed by atoms with E-state index >= 15 is 0 Å². The third-order valence-electron chi connectivity index (χ3n) is 2.75. The van der Waals surface area contributed by atoms with Crippen molar-refractivity contribution in [3.63, 3.8) is 0 Å². The smallest absolute Gasteiger partial charge is 0.406 e. The highest BCUT2D eigenvalue weighted by atomic mass is 16.6. The largest absolute Gasteiger partial charge is 0.496 e. The third kappa shape index (κ3) is 2.73. The number of benzene rings is 1. The number of hydrogen-bond donors (Lipinski definition) is 1. The predicted molar refractivity (Wildman–Crippen MR) is 72.8 cm³/mol. The molecule has 0 spiro atoms. The highest BCUT2D eigenvalue weighted by Crippen LogP contribution is 2.33. The number of rotatable bonds is 5. The molecule has 0 atom stereocenters. The van der Waals surface area contributed by atoms with Crippen LogP contribution in [-0.2, 0) is 7.05 Å². The lowest BCUT2D eigenvalue weighted by Crippen LogP contribution is -2.03. The zero-order chi connectivity index (χ0) is 15.6. The molecule has 1 N–H and O–H groups in total. The van der Waals surface area contributed by atoms with Gasteiger partial charge in [-0.25, -0.2) is 0 Å². The minimum Gasteiger partial charge on any atom is -0.496 e. The first-order valence-corrected chi connectivity index (χ1v) is 5.69. The normalized spacial score (nSPS) is 10.2. The first kappa shape index (κ1) is 14.2. The Bertz CT molecular complexity index is 711. The molecular formula is C11H11N5O5. The van der Waals surface area contributed by atoms with Crippen LogP contribution < -0.4 is 10.1 Å². The lowest BCUT2D eigenvalue weighted by atomic mass is 10.2. The summed E-state index contributed by atoms with van der Waals surface area (Å²) in [5, 5.41) is 24.6. The van der Waals surface area contributed by atoms with E-state index in [1.54, 1.807) is 0 Å². The molecule has 0 amide bonds. The summed E-state index contributed by atoms with van der Waals surface area (Å²) in [5.41, 5.74) is -0.155. The fraction of sp³-hybridized carbons (Fsp3) is 0.182. The molecule has 0 saturated carbocycles. The second kappa shape index (κ2) is 5.45. The molecule has 110 valence electrons. The molecule has 0 saturated heterocycles. The van der Waals surface area contributed by atoms with Crippen LogP contribution in [0.25, 0.3) is 0 Å². The van der Waals surface area contributed by atoms with E-state index in [-0.39, 0.29) is 17.2 Å². The Morgan fingerprint density at radius 1 is 1.29 bits per heavy atom. The van der Waals surface area contributed by atoms with Gasteiger partial charge in [0.05, 0.1) is 18.1 Å². The van der Waals surface area contributed by atoms with Crippen molar-refractivity contribution in [3.8, 4) is 5.75 Å². The number of nitrogens with one attached hydrogen (secondary N) is 1. The van der Waals surface area contributed by atoms with Crippen LogP contribution >= 0.6 is 0 Å². The minimum atomic E-state index is -0.669. The summed E-state index contributed by atoms with van der Waals surface area (Å²) >= 11 is 0. The molecule has 10 nitrogen and oxygen atoms in total. The molecule has 10 heteroatoms. The molecule has 1 heterocycles. The molecule has 0 radical (unpaired) electrons. The van der Waals surface area contributed by atoms with Crippen molar-refractivity contribution in [2.45, 2.75) is 0 Å². The minimum absolute atomic E-state index is 0.0493. The lowest BCUT2D eigenvalue weighted by Gasteiger charge is -2.08. The number of imidazole rings is 1. The summed E-state index contributed by atoms with van der Waals surface area (Å²) in [6, 6.07) is 4.15. The first-order valence-electron chi connectivity index (χ1n) is 5.69. The van der Waals surface area contributed by atoms with Crippen molar-refractivity contribution in [2.24, 2.45) is 7.05 Å². The molecule has 0 bridgehead atoms. The van der Waals surface area contributed by atoms with Crippen molar-refractivity contribution in [1.29, 1.82) is 0 Å². The fourth-order valence-corrected chi connectivity index (χ4v) is 1.72. The Kier molecular flexibility index (Phi) is 3.69. The zero-order valence-corrected chi connectivity index (χ0v) is 11.1. The van der Waals surface area contributed by atoms with Crippen molar-refractivity contribution in [2.75, 3.05) is 12.4 Å². The standard InChI is InChI=1S/C11H11N5O5/c1-14-6-12-10(16(19)20)11(14)13-8-4-3-7(21-2)5-9(8)15(17)18/h3-6,13H,1-2H3. The molecule has 0 aliphatic carbocycles. The Morgan fingerprint density at radius 3 is 2.57 bits per heavy atom. The van der Waals surface area contributed by atoms with Crippen LogP contribution in [0, 0.1) is 20.2 Å². The van der Waals surface area contributed by atoms with E-state index in [4.69, 9.17) is 4.74 Å². The third-order valence-corrected chi connectivity index (χ3v) is 2.75. The second-order valence-electron chi connectivity index (χ2n) is 4.05. The molecule has 21 heavy (non-hydrogen) atoms. The van der Waals surface area contributed by atoms with Crippen LogP contribution in [0.5, 0.6) is 5.75 Å². The monoisotopic (exact) mass is 293 g/mol. The van der Waals surface area contributed by atoms with Crippen molar-refractivity contribution in [3.05, 3.63) is 44.8 Å². The topological polar surface area (TPSA) is 125 Å². The van der Waals surface area contributed by atoms with Crippen molar-refractivity contribution >= 4 is 23.0 Å². The van der Waals surface area contributed by atoms with E-state index in [1.807, 2.05) is 0 Å². The van der Waals surface area contributed by atoms with Gasteiger partial charge in [0.15, 0.2) is 0 Å². The Hall–Kier alpha value is -3.17. The maximum absolute atomic E-state index is 11.1. The van der Waals surface area contributed by atoms with Gasteiger partial charge in [-0.05, 0) is 22.0 Å². The average Bonchev–Trinajstić information content (AvgIpc) is 2.80. The summed E-state index contributed by atoms with van der Waals surface area (Å²) in [7, 11) is 2.93. The summed E-state index contributed by atoms with van der Waals surface area (Å²) in [4.78, 5) is 24.3. The number of aryl methyl sites for hydroxylation is 1. The molecule has 2 rings (SSSR count). The van der Waals surface area contributed by atoms with Gasteiger partial charge in [-0.2, -0.15) is 0 Å². The molecule has 0 aliphatic rings. The average molecular weight is 293 g/mol. The predicted octanol–water partition coefficient (Wildman–Crippen LogP) is 1.99. The number of nitrogens with zero attached hydrogens (tertiary/aromatic N) is 4. The molecule has 0 aliphatic heterocycles. The van der Waals surface area contributed by atoms with Crippen LogP contribution in [0.4, 0.5) is 23.0 Å². The maximum Gasteiger partial charge on any atom is 0.406 e. The van der Waals surface area contributed by atoms with E-state index in [2.05, 4.69) is 10.3 Å². The summed E-state index contributed by atoms with van der Waals surface area (Å²) in [5.74, 6) is -0.0531. The number of anilines is 2. The number of nitro groups is 2. The number of ether oxygens (including phenoxy) is 1. The van der Waals surface area contributed by atoms with Gasteiger partial charge in [0.1, 0.15) is 11.4 Å². The van der Waals surface area contributed by atoms with Crippen LogP contribution in [0.2, 0.25) is 0 Å². The molecule has 1 aromatic heterocycles. The quantitative estimate of drug-likeness (QED) is 0.659. The number of methoxy groups -OCH3 is 1. The van der Waals surface area contributed by atoms with Gasteiger partial charge in [-0.15, -0.1) is 0 Å². The Morgan fingerprint density at radius 2 is 2.00 bits per heavy atom. The molecule has 0 unspecified atom stereocenters. The van der Waals surface area contributed by atoms with Gasteiger partial charge >= 0.3 is 5.82 Å². The van der Waals surface area contributed by atoms with E-state index < -0.39 is 15.7 Å². The number of aromatic nitrogens is 2. The molecule has 0 fully saturated rings. The van der Waals surface area contributed by atoms with Gasteiger partial charge in [-0.1, -0.05) is 0 Å². The summed E-state index contributed by atoms with van der Waals surface area (Å²) in [6.45, 7) is 0. The van der Waals surface area contributed by atoms with Crippen LogP contribution in [0.15, 0.2) is 24.5 Å². The van der Waals surface area contributed by atoms with Crippen molar-refractivity contribution < 1.29 is 14.6 Å². The van der Waals surface area contributed by atoms with E-state index in [0.29, 0.717) is 5.75 Å². The first-order chi connectivity index (χ1) is 9.93. The van der Waals surface area contributed by atoms with E-state index in [0.717, 1.165) is 0 Å². The summed E-state index contributed by atoms with van der Waals surface area (Å²) in [6.07, 6.45) is 1.25. The van der Waals surface area contributed by atoms with E-state index in [9.17, 15) is 20.2 Å². The Labute approximate surface area is 118 Å². The van der Waals surface area contributed by atoms with E-state index in [1.165, 1.54) is 43.3 Å². The highest BCUT2D eigenvalue weighted by molar-refractivity contribution is 5.72.